The molecule has 110 valence electrons. The van der Waals surface area contributed by atoms with Crippen molar-refractivity contribution in [1.82, 2.24) is 9.80 Å². The van der Waals surface area contributed by atoms with E-state index in [1.54, 1.807) is 0 Å². The minimum Gasteiger partial charge on any atom is -0.329 e. The molecule has 1 heterocycles. The molecule has 1 saturated heterocycles. The minimum atomic E-state index is 0.368. The number of likely N-dealkylation sites (N-methyl/N-ethyl adjacent to an activating group) is 1. The molecule has 0 spiro atoms. The summed E-state index contributed by atoms with van der Waals surface area (Å²) in [6.45, 7) is 6.41. The van der Waals surface area contributed by atoms with Crippen LogP contribution in [0.15, 0.2) is 24.3 Å². The van der Waals surface area contributed by atoms with Crippen molar-refractivity contribution in [2.75, 3.05) is 33.2 Å². The van der Waals surface area contributed by atoms with E-state index in [-0.39, 0.29) is 0 Å². The topological polar surface area (TPSA) is 32.5 Å². The summed E-state index contributed by atoms with van der Waals surface area (Å²) in [5, 5.41) is 0. The van der Waals surface area contributed by atoms with Crippen LogP contribution in [-0.4, -0.2) is 49.1 Å². The molecule has 3 heteroatoms. The van der Waals surface area contributed by atoms with Gasteiger partial charge in [-0.1, -0.05) is 24.3 Å². The molecular formula is C17H27N3. The normalized spacial score (nSPS) is 26.6. The highest BCUT2D eigenvalue weighted by molar-refractivity contribution is 5.30. The first kappa shape index (κ1) is 14.1. The number of nitrogens with zero attached hydrogens (tertiary/aromatic N) is 2. The van der Waals surface area contributed by atoms with Crippen LogP contribution in [0.3, 0.4) is 0 Å². The van der Waals surface area contributed by atoms with E-state index in [0.29, 0.717) is 18.6 Å². The molecule has 1 aromatic carbocycles. The Hall–Kier alpha value is -0.900. The van der Waals surface area contributed by atoms with Crippen LogP contribution in [0.1, 0.15) is 42.9 Å². The summed E-state index contributed by atoms with van der Waals surface area (Å²) in [6.07, 6.45) is 2.74. The van der Waals surface area contributed by atoms with Crippen LogP contribution in [0.25, 0.3) is 0 Å². The van der Waals surface area contributed by atoms with Crippen LogP contribution in [0.5, 0.6) is 0 Å². The summed E-state index contributed by atoms with van der Waals surface area (Å²) in [6, 6.07) is 10.2. The maximum absolute atomic E-state index is 6.09. The second kappa shape index (κ2) is 5.84. The predicted molar refractivity (Wildman–Crippen MR) is 83.9 cm³/mol. The third-order valence-corrected chi connectivity index (χ3v) is 4.88. The highest BCUT2D eigenvalue weighted by atomic mass is 15.3. The van der Waals surface area contributed by atoms with Crippen molar-refractivity contribution < 1.29 is 0 Å². The molecule has 2 fully saturated rings. The number of hydrogen-bond acceptors (Lipinski definition) is 3. The summed E-state index contributed by atoms with van der Waals surface area (Å²) >= 11 is 0. The van der Waals surface area contributed by atoms with Crippen molar-refractivity contribution in [3.8, 4) is 0 Å². The molecule has 1 aromatic rings. The Bertz CT molecular complexity index is 438. The smallest absolute Gasteiger partial charge is 0.0474 e. The maximum Gasteiger partial charge on any atom is 0.0474 e. The third-order valence-electron chi connectivity index (χ3n) is 4.88. The van der Waals surface area contributed by atoms with E-state index in [4.69, 9.17) is 5.73 Å². The molecule has 1 saturated carbocycles. The van der Waals surface area contributed by atoms with Crippen molar-refractivity contribution in [2.24, 2.45) is 5.73 Å². The van der Waals surface area contributed by atoms with Gasteiger partial charge in [-0.2, -0.15) is 0 Å². The van der Waals surface area contributed by atoms with Crippen molar-refractivity contribution in [3.05, 3.63) is 35.4 Å². The first-order valence-electron chi connectivity index (χ1n) is 7.93. The lowest BCUT2D eigenvalue weighted by Crippen LogP contribution is -2.52. The molecule has 2 N–H and O–H groups in total. The van der Waals surface area contributed by atoms with Crippen LogP contribution < -0.4 is 5.73 Å². The monoisotopic (exact) mass is 273 g/mol. The Morgan fingerprint density at radius 3 is 2.45 bits per heavy atom. The first-order valence-corrected chi connectivity index (χ1v) is 7.93. The van der Waals surface area contributed by atoms with Crippen LogP contribution >= 0.6 is 0 Å². The molecular weight excluding hydrogens is 246 g/mol. The second-order valence-electron chi connectivity index (χ2n) is 6.54. The Labute approximate surface area is 122 Å². The molecule has 1 aliphatic heterocycles. The molecule has 1 aliphatic carbocycles. The third kappa shape index (κ3) is 2.90. The van der Waals surface area contributed by atoms with Crippen molar-refractivity contribution in [2.45, 2.75) is 37.8 Å². The lowest BCUT2D eigenvalue weighted by Gasteiger charge is -2.42. The van der Waals surface area contributed by atoms with Crippen molar-refractivity contribution >= 4 is 0 Å². The van der Waals surface area contributed by atoms with Crippen molar-refractivity contribution in [3.63, 3.8) is 0 Å². The molecule has 0 aromatic heterocycles. The molecule has 0 amide bonds. The zero-order valence-electron chi connectivity index (χ0n) is 12.8. The van der Waals surface area contributed by atoms with Crippen LogP contribution in [0.2, 0.25) is 0 Å². The van der Waals surface area contributed by atoms with E-state index in [2.05, 4.69) is 48.0 Å². The SMILES string of the molecule is CC1CN(C)CCN1C(CN)c1ccc(C2CC2)cc1. The van der Waals surface area contributed by atoms with Crippen LogP contribution in [0.4, 0.5) is 0 Å². The number of rotatable bonds is 4. The zero-order chi connectivity index (χ0) is 14.1. The quantitative estimate of drug-likeness (QED) is 0.913. The Balaban J connectivity index is 1.74. The van der Waals surface area contributed by atoms with E-state index < -0.39 is 0 Å². The van der Waals surface area contributed by atoms with E-state index in [1.807, 2.05) is 0 Å². The standard InChI is InChI=1S/C17H27N3/c1-13-12-19(2)9-10-20(13)17(11-18)16-7-5-15(6-8-16)14-3-4-14/h5-8,13-14,17H,3-4,9-12,18H2,1-2H3. The Morgan fingerprint density at radius 1 is 1.20 bits per heavy atom. The summed E-state index contributed by atoms with van der Waals surface area (Å²) in [5.74, 6) is 0.836. The van der Waals surface area contributed by atoms with Gasteiger partial charge in [0.2, 0.25) is 0 Å². The molecule has 20 heavy (non-hydrogen) atoms. The fourth-order valence-electron chi connectivity index (χ4n) is 3.49. The van der Waals surface area contributed by atoms with Gasteiger partial charge in [0.15, 0.2) is 0 Å². The van der Waals surface area contributed by atoms with E-state index >= 15 is 0 Å². The van der Waals surface area contributed by atoms with Crippen molar-refractivity contribution in [1.29, 1.82) is 0 Å². The van der Waals surface area contributed by atoms with E-state index in [0.717, 1.165) is 25.6 Å². The fourth-order valence-corrected chi connectivity index (χ4v) is 3.49. The van der Waals surface area contributed by atoms with Gasteiger partial charge in [-0.05, 0) is 43.9 Å². The lowest BCUT2D eigenvalue weighted by molar-refractivity contribution is 0.0635. The predicted octanol–water partition coefficient (Wildman–Crippen LogP) is 2.20. The van der Waals surface area contributed by atoms with Gasteiger partial charge >= 0.3 is 0 Å². The second-order valence-corrected chi connectivity index (χ2v) is 6.54. The molecule has 0 bridgehead atoms. The summed E-state index contributed by atoms with van der Waals surface area (Å²) in [5.41, 5.74) is 8.98. The van der Waals surface area contributed by atoms with Crippen LogP contribution in [0, 0.1) is 0 Å². The zero-order valence-corrected chi connectivity index (χ0v) is 12.8. The Morgan fingerprint density at radius 2 is 1.90 bits per heavy atom. The van der Waals surface area contributed by atoms with Gasteiger partial charge in [0.25, 0.3) is 0 Å². The summed E-state index contributed by atoms with van der Waals surface area (Å²) in [4.78, 5) is 4.98. The van der Waals surface area contributed by atoms with Gasteiger partial charge < -0.3 is 10.6 Å². The van der Waals surface area contributed by atoms with E-state index in [1.165, 1.54) is 24.0 Å². The molecule has 2 aliphatic rings. The Kier molecular flexibility index (Phi) is 4.11. The number of hydrogen-bond donors (Lipinski definition) is 1. The van der Waals surface area contributed by atoms with Gasteiger partial charge in [-0.3, -0.25) is 4.90 Å². The highest BCUT2D eigenvalue weighted by Crippen LogP contribution is 2.40. The van der Waals surface area contributed by atoms with E-state index in [9.17, 15) is 0 Å². The lowest BCUT2D eigenvalue weighted by atomic mass is 9.99. The van der Waals surface area contributed by atoms with Gasteiger partial charge in [0.1, 0.15) is 0 Å². The van der Waals surface area contributed by atoms with Gasteiger partial charge in [0, 0.05) is 38.3 Å². The number of benzene rings is 1. The number of piperazine rings is 1. The fraction of sp³-hybridized carbons (Fsp3) is 0.647. The summed E-state index contributed by atoms with van der Waals surface area (Å²) < 4.78 is 0. The molecule has 2 unspecified atom stereocenters. The maximum atomic E-state index is 6.09. The van der Waals surface area contributed by atoms with Gasteiger partial charge in [-0.15, -0.1) is 0 Å². The largest absolute Gasteiger partial charge is 0.329 e. The molecule has 3 nitrogen and oxygen atoms in total. The molecule has 3 rings (SSSR count). The first-order chi connectivity index (χ1) is 9.69. The average molecular weight is 273 g/mol. The molecule has 0 radical (unpaired) electrons. The minimum absolute atomic E-state index is 0.368. The van der Waals surface area contributed by atoms with Gasteiger partial charge in [0.05, 0.1) is 0 Å². The van der Waals surface area contributed by atoms with Gasteiger partial charge in [-0.25, -0.2) is 0 Å². The average Bonchev–Trinajstić information content (AvgIpc) is 3.27. The molecule has 2 atom stereocenters. The van der Waals surface area contributed by atoms with Crippen LogP contribution in [-0.2, 0) is 0 Å². The summed E-state index contributed by atoms with van der Waals surface area (Å²) in [7, 11) is 2.20. The highest BCUT2D eigenvalue weighted by Gasteiger charge is 2.29. The number of nitrogens with two attached hydrogens (primary N) is 1.